The second-order valence-electron chi connectivity index (χ2n) is 5.07. The van der Waals surface area contributed by atoms with Gasteiger partial charge in [-0.25, -0.2) is 0 Å². The Morgan fingerprint density at radius 1 is 0.842 bits per heavy atom. The summed E-state index contributed by atoms with van der Waals surface area (Å²) < 4.78 is 5.82. The summed E-state index contributed by atoms with van der Waals surface area (Å²) in [4.78, 5) is 0. The van der Waals surface area contributed by atoms with Crippen LogP contribution >= 0.6 is 0 Å². The van der Waals surface area contributed by atoms with Gasteiger partial charge in [0.25, 0.3) is 0 Å². The fourth-order valence-electron chi connectivity index (χ4n) is 1.89. The quantitative estimate of drug-likeness (QED) is 0.862. The van der Waals surface area contributed by atoms with E-state index in [1.807, 2.05) is 36.4 Å². The maximum absolute atomic E-state index is 9.46. The molecule has 0 radical (unpaired) electrons. The molecule has 2 aromatic carbocycles. The molecule has 0 fully saturated rings. The van der Waals surface area contributed by atoms with Crippen molar-refractivity contribution in [2.45, 2.75) is 32.8 Å². The van der Waals surface area contributed by atoms with Gasteiger partial charge in [-0.1, -0.05) is 38.1 Å². The van der Waals surface area contributed by atoms with Crippen LogP contribution in [0, 0.1) is 0 Å². The van der Waals surface area contributed by atoms with Crippen LogP contribution in [-0.2, 0) is 0 Å². The minimum Gasteiger partial charge on any atom is -0.457 e. The van der Waals surface area contributed by atoms with Crippen molar-refractivity contribution in [2.75, 3.05) is 0 Å². The molecule has 2 rings (SSSR count). The van der Waals surface area contributed by atoms with E-state index in [-0.39, 0.29) is 0 Å². The van der Waals surface area contributed by atoms with E-state index in [1.54, 1.807) is 6.92 Å². The SMILES string of the molecule is CC(C)c1cccc(Oc2ccc([C@@H](C)O)cc2)c1. The highest BCUT2D eigenvalue weighted by Crippen LogP contribution is 2.26. The lowest BCUT2D eigenvalue weighted by molar-refractivity contribution is 0.199. The zero-order valence-electron chi connectivity index (χ0n) is 11.6. The van der Waals surface area contributed by atoms with Crippen molar-refractivity contribution in [1.29, 1.82) is 0 Å². The van der Waals surface area contributed by atoms with Crippen molar-refractivity contribution >= 4 is 0 Å². The van der Waals surface area contributed by atoms with Crippen LogP contribution in [0.5, 0.6) is 11.5 Å². The van der Waals surface area contributed by atoms with Crippen LogP contribution < -0.4 is 4.74 Å². The van der Waals surface area contributed by atoms with Crippen LogP contribution in [0.1, 0.15) is 43.9 Å². The smallest absolute Gasteiger partial charge is 0.127 e. The Morgan fingerprint density at radius 2 is 1.53 bits per heavy atom. The number of rotatable bonds is 4. The first-order valence-electron chi connectivity index (χ1n) is 6.62. The van der Waals surface area contributed by atoms with E-state index < -0.39 is 6.10 Å². The highest BCUT2D eigenvalue weighted by Gasteiger charge is 2.04. The Bertz CT molecular complexity index is 527. The zero-order chi connectivity index (χ0) is 13.8. The van der Waals surface area contributed by atoms with Crippen LogP contribution in [0.2, 0.25) is 0 Å². The fraction of sp³-hybridized carbons (Fsp3) is 0.294. The van der Waals surface area contributed by atoms with Gasteiger partial charge in [-0.05, 0) is 48.2 Å². The number of hydrogen-bond donors (Lipinski definition) is 1. The highest BCUT2D eigenvalue weighted by molar-refractivity contribution is 5.36. The van der Waals surface area contributed by atoms with Crippen molar-refractivity contribution in [3.05, 3.63) is 59.7 Å². The Kier molecular flexibility index (Phi) is 4.23. The predicted molar refractivity (Wildman–Crippen MR) is 77.7 cm³/mol. The molecule has 0 aliphatic heterocycles. The predicted octanol–water partition coefficient (Wildman–Crippen LogP) is 4.66. The monoisotopic (exact) mass is 256 g/mol. The van der Waals surface area contributed by atoms with Crippen LogP contribution in [0.25, 0.3) is 0 Å². The van der Waals surface area contributed by atoms with Gasteiger partial charge < -0.3 is 9.84 Å². The normalized spacial score (nSPS) is 12.5. The summed E-state index contributed by atoms with van der Waals surface area (Å²) in [5.74, 6) is 2.11. The number of ether oxygens (including phenoxy) is 1. The van der Waals surface area contributed by atoms with Crippen molar-refractivity contribution in [1.82, 2.24) is 0 Å². The highest BCUT2D eigenvalue weighted by atomic mass is 16.5. The molecule has 0 saturated carbocycles. The molecule has 2 heteroatoms. The summed E-state index contributed by atoms with van der Waals surface area (Å²) in [7, 11) is 0. The van der Waals surface area contributed by atoms with Crippen LogP contribution in [0.4, 0.5) is 0 Å². The summed E-state index contributed by atoms with van der Waals surface area (Å²) in [6.45, 7) is 6.08. The molecule has 0 bridgehead atoms. The van der Waals surface area contributed by atoms with Crippen LogP contribution in [0.3, 0.4) is 0 Å². The maximum atomic E-state index is 9.46. The average molecular weight is 256 g/mol. The van der Waals surface area contributed by atoms with Crippen molar-refractivity contribution in [3.63, 3.8) is 0 Å². The minimum absolute atomic E-state index is 0.446. The van der Waals surface area contributed by atoms with E-state index in [9.17, 15) is 5.11 Å². The third kappa shape index (κ3) is 3.58. The Labute approximate surface area is 114 Å². The van der Waals surface area contributed by atoms with E-state index in [0.717, 1.165) is 17.1 Å². The molecule has 0 aromatic heterocycles. The summed E-state index contributed by atoms with van der Waals surface area (Å²) >= 11 is 0. The molecule has 0 aliphatic rings. The number of benzene rings is 2. The van der Waals surface area contributed by atoms with E-state index in [0.29, 0.717) is 5.92 Å². The Hall–Kier alpha value is -1.80. The Balaban J connectivity index is 2.14. The van der Waals surface area contributed by atoms with Gasteiger partial charge in [0.2, 0.25) is 0 Å². The minimum atomic E-state index is -0.446. The van der Waals surface area contributed by atoms with Gasteiger partial charge in [-0.15, -0.1) is 0 Å². The summed E-state index contributed by atoms with van der Waals surface area (Å²) in [6, 6.07) is 15.7. The van der Waals surface area contributed by atoms with Gasteiger partial charge in [-0.3, -0.25) is 0 Å². The van der Waals surface area contributed by atoms with Crippen molar-refractivity contribution in [2.24, 2.45) is 0 Å². The van der Waals surface area contributed by atoms with Gasteiger partial charge in [0.05, 0.1) is 6.10 Å². The average Bonchev–Trinajstić information content (AvgIpc) is 2.39. The number of hydrogen-bond acceptors (Lipinski definition) is 2. The molecule has 100 valence electrons. The third-order valence-electron chi connectivity index (χ3n) is 3.12. The molecule has 1 atom stereocenters. The van der Waals surface area contributed by atoms with Gasteiger partial charge in [0.1, 0.15) is 11.5 Å². The zero-order valence-corrected chi connectivity index (χ0v) is 11.6. The van der Waals surface area contributed by atoms with Gasteiger partial charge in [-0.2, -0.15) is 0 Å². The molecule has 19 heavy (non-hydrogen) atoms. The van der Waals surface area contributed by atoms with Crippen molar-refractivity contribution in [3.8, 4) is 11.5 Å². The van der Waals surface area contributed by atoms with Crippen LogP contribution in [-0.4, -0.2) is 5.11 Å². The van der Waals surface area contributed by atoms with E-state index in [4.69, 9.17) is 4.74 Å². The summed E-state index contributed by atoms with van der Waals surface area (Å²) in [6.07, 6.45) is -0.446. The van der Waals surface area contributed by atoms with Crippen molar-refractivity contribution < 1.29 is 9.84 Å². The second-order valence-corrected chi connectivity index (χ2v) is 5.07. The molecule has 2 nitrogen and oxygen atoms in total. The van der Waals surface area contributed by atoms with Gasteiger partial charge >= 0.3 is 0 Å². The molecule has 2 aromatic rings. The topological polar surface area (TPSA) is 29.5 Å². The lowest BCUT2D eigenvalue weighted by atomic mass is 10.0. The standard InChI is InChI=1S/C17H20O2/c1-12(2)15-5-4-6-17(11-15)19-16-9-7-14(8-10-16)13(3)18/h4-13,18H,1-3H3/t13-/m1/s1. The van der Waals surface area contributed by atoms with Crippen LogP contribution in [0.15, 0.2) is 48.5 Å². The largest absolute Gasteiger partial charge is 0.457 e. The molecule has 0 aliphatic carbocycles. The molecule has 0 amide bonds. The van der Waals surface area contributed by atoms with E-state index in [2.05, 4.69) is 26.0 Å². The number of aliphatic hydroxyl groups is 1. The first-order chi connectivity index (χ1) is 9.06. The first kappa shape index (κ1) is 13.6. The summed E-state index contributed by atoms with van der Waals surface area (Å²) in [5, 5.41) is 9.46. The lowest BCUT2D eigenvalue weighted by Gasteiger charge is -2.10. The number of aliphatic hydroxyl groups excluding tert-OH is 1. The second kappa shape index (κ2) is 5.89. The molecule has 0 heterocycles. The first-order valence-corrected chi connectivity index (χ1v) is 6.62. The van der Waals surface area contributed by atoms with Gasteiger partial charge in [0, 0.05) is 0 Å². The fourth-order valence-corrected chi connectivity index (χ4v) is 1.89. The van der Waals surface area contributed by atoms with E-state index >= 15 is 0 Å². The molecular weight excluding hydrogens is 236 g/mol. The lowest BCUT2D eigenvalue weighted by Crippen LogP contribution is -1.92. The maximum Gasteiger partial charge on any atom is 0.127 e. The molecule has 1 N–H and O–H groups in total. The Morgan fingerprint density at radius 3 is 2.11 bits per heavy atom. The molecule has 0 spiro atoms. The molecular formula is C17H20O2. The molecule has 0 saturated heterocycles. The third-order valence-corrected chi connectivity index (χ3v) is 3.12. The van der Waals surface area contributed by atoms with Gasteiger partial charge in [0.15, 0.2) is 0 Å². The van der Waals surface area contributed by atoms with E-state index in [1.165, 1.54) is 5.56 Å². The molecule has 0 unspecified atom stereocenters. The summed E-state index contributed by atoms with van der Waals surface area (Å²) in [5.41, 5.74) is 2.15.